The van der Waals surface area contributed by atoms with Crippen molar-refractivity contribution >= 4 is 71.2 Å². The van der Waals surface area contributed by atoms with Crippen LogP contribution in [0, 0.1) is 22.7 Å². The maximum atomic E-state index is 13.9. The molecular weight excluding hydrogens is 1170 g/mol. The number of halogens is 1. The van der Waals surface area contributed by atoms with E-state index in [2.05, 4.69) is 37.3 Å². The molecule has 4 rings (SSSR count). The molecule has 0 aliphatic rings. The van der Waals surface area contributed by atoms with E-state index in [4.69, 9.17) is 54.9 Å². The van der Waals surface area contributed by atoms with E-state index >= 15 is 0 Å². The molecule has 0 radical (unpaired) electrons. The number of nitrogens with zero attached hydrogens (tertiary/aromatic N) is 4. The van der Waals surface area contributed by atoms with Crippen LogP contribution < -0.4 is 31.7 Å². The van der Waals surface area contributed by atoms with Crippen LogP contribution in [0.4, 0.5) is 15.4 Å². The zero-order valence-electron chi connectivity index (χ0n) is 51.3. The summed E-state index contributed by atoms with van der Waals surface area (Å²) in [5, 5.41) is 43.0. The second-order valence-corrected chi connectivity index (χ2v) is 25.3. The summed E-state index contributed by atoms with van der Waals surface area (Å²) < 4.78 is 44.6. The molecule has 0 spiro atoms. The van der Waals surface area contributed by atoms with Gasteiger partial charge < -0.3 is 64.4 Å². The van der Waals surface area contributed by atoms with Gasteiger partial charge in [-0.2, -0.15) is 10.5 Å². The number of ether oxygens (including phenoxy) is 7. The predicted octanol–water partition coefficient (Wildman–Crippen LogP) is 8.34. The monoisotopic (exact) mass is 1250 g/mol. The normalized spacial score (nSPS) is 13.8. The fraction of sp³-hybridized carbons (Fsp3) is 0.517. The number of hydrogen-bond acceptors (Lipinski definition) is 23. The van der Waals surface area contributed by atoms with Crippen LogP contribution in [0.3, 0.4) is 0 Å². The largest absolute Gasteiger partial charge is 0.490 e. The maximum absolute atomic E-state index is 13.9. The standard InChI is InChI=1S/C60H78ClN9O16S/c1-33(65-49(73)43(68-55(77)85-59(9,10)11)23-25-45(71)83-57(3,4)5)53(75)81-31-40(82-54(76)34(2)66-50(74)44(69-56(78)86-60(12,13)14)24-26-46(72)84-58(6,7)8)30-79-39-21-17-35(18-22-39)47-41(27-62)48(64)70-52(42(47)28-63)87-32-38-29-80-51(67-38)36-15-19-37(61)20-16-36/h15-22,29,33-34,40,43-44,50,66,74H,23-26,30-32H2,1-14H3,(H2,64,70)(H,65,73)(H,68,77)(H,69,78). The highest BCUT2D eigenvalue weighted by atomic mass is 35.5. The number of anilines is 1. The zero-order chi connectivity index (χ0) is 65.2. The number of pyridine rings is 1. The molecule has 25 nitrogen and oxygen atoms in total. The minimum absolute atomic E-state index is 0.0542. The Morgan fingerprint density at radius 2 is 1.23 bits per heavy atom. The predicted molar refractivity (Wildman–Crippen MR) is 319 cm³/mol. The molecule has 0 saturated heterocycles. The molecule has 87 heavy (non-hydrogen) atoms. The Labute approximate surface area is 515 Å². The number of nitrogen functional groups attached to an aromatic ring is 1. The van der Waals surface area contributed by atoms with Crippen molar-refractivity contribution in [3.63, 3.8) is 0 Å². The van der Waals surface area contributed by atoms with Crippen molar-refractivity contribution in [3.8, 4) is 40.5 Å². The minimum atomic E-state index is -1.69. The van der Waals surface area contributed by atoms with Gasteiger partial charge in [0.2, 0.25) is 11.8 Å². The molecule has 27 heteroatoms. The Morgan fingerprint density at radius 1 is 0.690 bits per heavy atom. The number of alkyl carbamates (subject to hydrolysis) is 2. The topological polar surface area (TPSA) is 365 Å². The van der Waals surface area contributed by atoms with E-state index in [-0.39, 0.29) is 64.7 Å². The van der Waals surface area contributed by atoms with E-state index in [0.29, 0.717) is 27.7 Å². The fourth-order valence-electron chi connectivity index (χ4n) is 7.64. The van der Waals surface area contributed by atoms with Gasteiger partial charge in [-0.3, -0.25) is 24.5 Å². The van der Waals surface area contributed by atoms with Crippen molar-refractivity contribution in [2.24, 2.45) is 0 Å². The van der Waals surface area contributed by atoms with E-state index in [0.717, 1.165) is 11.8 Å². The van der Waals surface area contributed by atoms with Gasteiger partial charge in [0.25, 0.3) is 0 Å². The first kappa shape index (κ1) is 71.3. The number of benzene rings is 2. The van der Waals surface area contributed by atoms with Crippen LogP contribution in [0.25, 0.3) is 22.6 Å². The average Bonchev–Trinajstić information content (AvgIpc) is 1.11. The first-order valence-corrected chi connectivity index (χ1v) is 29.0. The van der Waals surface area contributed by atoms with Crippen LogP contribution in [0.1, 0.15) is 139 Å². The summed E-state index contributed by atoms with van der Waals surface area (Å²) in [5.41, 5.74) is 4.56. The molecule has 0 aliphatic heterocycles. The summed E-state index contributed by atoms with van der Waals surface area (Å²) in [6.45, 7) is 21.2. The number of rotatable bonds is 26. The summed E-state index contributed by atoms with van der Waals surface area (Å²) in [6, 6.07) is 11.9. The highest BCUT2D eigenvalue weighted by Gasteiger charge is 2.33. The number of carbonyl (C=O) groups excluding carboxylic acids is 7. The highest BCUT2D eigenvalue weighted by molar-refractivity contribution is 7.98. The van der Waals surface area contributed by atoms with Crippen molar-refractivity contribution < 1.29 is 76.2 Å². The lowest BCUT2D eigenvalue weighted by molar-refractivity contribution is -0.164. The first-order valence-electron chi connectivity index (χ1n) is 27.7. The number of aromatic nitrogens is 2. The molecule has 2 aromatic heterocycles. The van der Waals surface area contributed by atoms with E-state index in [1.54, 1.807) is 119 Å². The fourth-order valence-corrected chi connectivity index (χ4v) is 8.64. The van der Waals surface area contributed by atoms with Crippen molar-refractivity contribution in [1.29, 1.82) is 10.5 Å². The molecular formula is C60H78ClN9O16S. The highest BCUT2D eigenvalue weighted by Crippen LogP contribution is 2.37. The molecule has 2 heterocycles. The molecule has 6 unspecified atom stereocenters. The molecule has 0 fully saturated rings. The molecule has 0 bridgehead atoms. The van der Waals surface area contributed by atoms with E-state index < -0.39 is 114 Å². The van der Waals surface area contributed by atoms with Gasteiger partial charge in [-0.25, -0.2) is 24.4 Å². The Bertz CT molecular complexity index is 3140. The van der Waals surface area contributed by atoms with Crippen LogP contribution in [-0.4, -0.2) is 129 Å². The number of nitrogens with one attached hydrogen (secondary N) is 4. The smallest absolute Gasteiger partial charge is 0.408 e. The van der Waals surface area contributed by atoms with Crippen LogP contribution >= 0.6 is 23.4 Å². The Hall–Kier alpha value is -8.17. The second-order valence-electron chi connectivity index (χ2n) is 23.9. The molecule has 472 valence electrons. The second kappa shape index (κ2) is 31.5. The molecule has 7 N–H and O–H groups in total. The first-order chi connectivity index (χ1) is 40.4. The van der Waals surface area contributed by atoms with Gasteiger partial charge in [-0.1, -0.05) is 35.5 Å². The Kier molecular flexibility index (Phi) is 25.8. The van der Waals surface area contributed by atoms with Gasteiger partial charge in [0.15, 0.2) is 6.10 Å². The number of nitriles is 2. The van der Waals surface area contributed by atoms with Gasteiger partial charge in [0, 0.05) is 34.7 Å². The van der Waals surface area contributed by atoms with Crippen molar-refractivity contribution in [2.75, 3.05) is 18.9 Å². The van der Waals surface area contributed by atoms with E-state index in [9.17, 15) is 49.2 Å². The Morgan fingerprint density at radius 3 is 1.78 bits per heavy atom. The molecule has 4 aromatic rings. The average molecular weight is 1250 g/mol. The summed E-state index contributed by atoms with van der Waals surface area (Å²) in [5.74, 6) is -3.59. The number of esters is 4. The third-order valence-corrected chi connectivity index (χ3v) is 12.7. The number of oxazole rings is 1. The lowest BCUT2D eigenvalue weighted by Gasteiger charge is -2.29. The van der Waals surface area contributed by atoms with Crippen LogP contribution in [0.15, 0.2) is 64.2 Å². The maximum Gasteiger partial charge on any atom is 0.408 e. The van der Waals surface area contributed by atoms with Crippen molar-refractivity contribution in [1.82, 2.24) is 31.2 Å². The van der Waals surface area contributed by atoms with Crippen molar-refractivity contribution in [3.05, 3.63) is 76.6 Å². The number of carbonyl (C=O) groups is 7. The number of aliphatic hydroxyl groups excluding tert-OH is 1. The van der Waals surface area contributed by atoms with Gasteiger partial charge in [-0.15, -0.1) is 0 Å². The number of nitrogens with two attached hydrogens (primary N) is 1. The zero-order valence-corrected chi connectivity index (χ0v) is 52.9. The van der Waals surface area contributed by atoms with Gasteiger partial charge >= 0.3 is 36.1 Å². The third-order valence-electron chi connectivity index (χ3n) is 11.4. The molecule has 0 saturated carbocycles. The van der Waals surface area contributed by atoms with Crippen LogP contribution in [-0.2, 0) is 58.1 Å². The summed E-state index contributed by atoms with van der Waals surface area (Å²) in [7, 11) is 0. The lowest BCUT2D eigenvalue weighted by atomic mass is 9.97. The number of amides is 3. The molecule has 3 amide bonds. The number of hydrogen-bond donors (Lipinski definition) is 6. The molecule has 0 aliphatic carbocycles. The minimum Gasteiger partial charge on any atom is -0.490 e. The van der Waals surface area contributed by atoms with Crippen LogP contribution in [0.5, 0.6) is 5.75 Å². The molecule has 6 atom stereocenters. The van der Waals surface area contributed by atoms with Gasteiger partial charge in [-0.05, 0) is 152 Å². The summed E-state index contributed by atoms with van der Waals surface area (Å²) >= 11 is 7.19. The Balaban J connectivity index is 1.58. The number of aliphatic hydroxyl groups is 1. The van der Waals surface area contributed by atoms with E-state index in [1.165, 1.54) is 32.2 Å². The summed E-state index contributed by atoms with van der Waals surface area (Å²) in [6.07, 6.45) is -4.46. The van der Waals surface area contributed by atoms with Crippen molar-refractivity contribution in [2.45, 2.75) is 192 Å². The van der Waals surface area contributed by atoms with Gasteiger partial charge in [0.1, 0.15) is 101 Å². The third kappa shape index (κ3) is 25.0. The van der Waals surface area contributed by atoms with Crippen LogP contribution in [0.2, 0.25) is 5.02 Å². The lowest BCUT2D eigenvalue weighted by Crippen LogP contribution is -2.55. The number of thioether (sulfide) groups is 1. The molecule has 2 aromatic carbocycles. The van der Waals surface area contributed by atoms with Gasteiger partial charge in [0.05, 0.1) is 17.3 Å². The SMILES string of the molecule is CC(NC(=O)C(CCC(=O)OC(C)(C)C)NC(=O)OC(C)(C)C)C(=O)OCC(COc1ccc(-c2c(C#N)c(N)nc(SCc3coc(-c4ccc(Cl)cc4)n3)c2C#N)cc1)OC(=O)C(C)NC(O)C(CCC(=O)OC(C)(C)C)NC(=O)OC(C)(C)C. The van der Waals surface area contributed by atoms with E-state index in [1.807, 2.05) is 6.07 Å². The quantitative estimate of drug-likeness (QED) is 0.0149. The summed E-state index contributed by atoms with van der Waals surface area (Å²) in [4.78, 5) is 101.